The summed E-state index contributed by atoms with van der Waals surface area (Å²) in [5, 5.41) is 2.28. The minimum Gasteiger partial charge on any atom is -0.383 e. The van der Waals surface area contributed by atoms with Gasteiger partial charge in [0.25, 0.3) is 0 Å². The number of hydrogen-bond donors (Lipinski definition) is 1. The summed E-state index contributed by atoms with van der Waals surface area (Å²) in [5.41, 5.74) is 0.287. The Morgan fingerprint density at radius 2 is 2.10 bits per heavy atom. The van der Waals surface area contributed by atoms with Gasteiger partial charge in [-0.15, -0.1) is 0 Å². The molecule has 0 amide bonds. The lowest BCUT2D eigenvalue weighted by Crippen LogP contribution is -2.08. The van der Waals surface area contributed by atoms with Crippen LogP contribution in [-0.4, -0.2) is 6.02 Å². The van der Waals surface area contributed by atoms with Gasteiger partial charge in [0.05, 0.1) is 1.37 Å². The van der Waals surface area contributed by atoms with Gasteiger partial charge in [-0.2, -0.15) is 0 Å². The fraction of sp³-hybridized carbons (Fsp3) is 0.333. The Kier molecular flexibility index (Phi) is 0.736. The molecule has 0 atom stereocenters. The van der Waals surface area contributed by atoms with Crippen molar-refractivity contribution in [1.29, 1.82) is 0 Å². The molecule has 0 aromatic heterocycles. The van der Waals surface area contributed by atoms with E-state index in [1.165, 1.54) is 12.1 Å². The van der Waals surface area contributed by atoms with Crippen LogP contribution in [0.5, 0.6) is 0 Å². The molecule has 0 aliphatic rings. The van der Waals surface area contributed by atoms with Crippen LogP contribution < -0.4 is 5.32 Å². The standard InChI is InChI=1S/C9H13N/c1-8(2)10-9-6-4-3-5-7-9/h3-8,10H,1-2H3/i1D3,2D3,8D. The van der Waals surface area contributed by atoms with E-state index in [0.29, 0.717) is 0 Å². The second kappa shape index (κ2) is 3.25. The summed E-state index contributed by atoms with van der Waals surface area (Å²) in [7, 11) is 0. The van der Waals surface area contributed by atoms with Crippen molar-refractivity contribution in [2.45, 2.75) is 19.7 Å². The minimum atomic E-state index is -2.96. The third-order valence-corrected chi connectivity index (χ3v) is 1.04. The van der Waals surface area contributed by atoms with Gasteiger partial charge < -0.3 is 5.32 Å². The van der Waals surface area contributed by atoms with Gasteiger partial charge in [0.15, 0.2) is 0 Å². The van der Waals surface area contributed by atoms with Crippen molar-refractivity contribution in [3.8, 4) is 0 Å². The zero-order valence-electron chi connectivity index (χ0n) is 12.4. The molecule has 1 aromatic carbocycles. The SMILES string of the molecule is [2H]C([2H])([2H])C([2H])(Nc1ccccc1)C([2H])([2H])[2H]. The van der Waals surface area contributed by atoms with Crippen LogP contribution in [0.2, 0.25) is 0 Å². The van der Waals surface area contributed by atoms with E-state index in [2.05, 4.69) is 5.32 Å². The van der Waals surface area contributed by atoms with Gasteiger partial charge in [-0.1, -0.05) is 18.2 Å². The molecule has 54 valence electrons. The summed E-state index contributed by atoms with van der Waals surface area (Å²) in [6.07, 6.45) is 0. The first-order valence-corrected chi connectivity index (χ1v) is 2.91. The quantitative estimate of drug-likeness (QED) is 0.669. The lowest BCUT2D eigenvalue weighted by molar-refractivity contribution is 0.900. The van der Waals surface area contributed by atoms with Crippen molar-refractivity contribution >= 4 is 5.69 Å². The Labute approximate surface area is 71.9 Å². The van der Waals surface area contributed by atoms with Gasteiger partial charge in [-0.25, -0.2) is 0 Å². The molecule has 0 saturated carbocycles. The maximum Gasteiger partial charge on any atom is 0.0521 e. The van der Waals surface area contributed by atoms with E-state index in [9.17, 15) is 0 Å². The average Bonchev–Trinajstić information content (AvgIpc) is 2.15. The molecule has 0 heterocycles. The number of rotatable bonds is 2. The van der Waals surface area contributed by atoms with Crippen LogP contribution >= 0.6 is 0 Å². The van der Waals surface area contributed by atoms with Crippen LogP contribution in [0.15, 0.2) is 30.3 Å². The number of nitrogens with one attached hydrogen (secondary N) is 1. The predicted octanol–water partition coefficient (Wildman–Crippen LogP) is 2.51. The molecule has 0 aliphatic carbocycles. The van der Waals surface area contributed by atoms with Gasteiger partial charge in [0.2, 0.25) is 0 Å². The average molecular weight is 142 g/mol. The molecule has 0 bridgehead atoms. The van der Waals surface area contributed by atoms with Crippen molar-refractivity contribution in [2.75, 3.05) is 5.32 Å². The Morgan fingerprint density at radius 3 is 2.70 bits per heavy atom. The van der Waals surface area contributed by atoms with Crippen molar-refractivity contribution in [3.63, 3.8) is 0 Å². The van der Waals surface area contributed by atoms with Crippen molar-refractivity contribution in [3.05, 3.63) is 30.3 Å². The highest BCUT2D eigenvalue weighted by molar-refractivity contribution is 5.42. The van der Waals surface area contributed by atoms with Gasteiger partial charge in [0.1, 0.15) is 0 Å². The van der Waals surface area contributed by atoms with Gasteiger partial charge in [-0.05, 0) is 25.8 Å². The van der Waals surface area contributed by atoms with Crippen molar-refractivity contribution < 1.29 is 9.60 Å². The lowest BCUT2D eigenvalue weighted by atomic mass is 10.3. The van der Waals surface area contributed by atoms with E-state index >= 15 is 0 Å². The van der Waals surface area contributed by atoms with Crippen LogP contribution in [0.4, 0.5) is 5.69 Å². The van der Waals surface area contributed by atoms with Crippen LogP contribution in [0.1, 0.15) is 23.3 Å². The zero-order chi connectivity index (χ0) is 13.3. The molecule has 0 aliphatic heterocycles. The topological polar surface area (TPSA) is 12.0 Å². The molecule has 1 aromatic rings. The molecule has 10 heavy (non-hydrogen) atoms. The number of benzene rings is 1. The molecule has 0 fully saturated rings. The molecule has 0 unspecified atom stereocenters. The Morgan fingerprint density at radius 1 is 1.40 bits per heavy atom. The molecule has 0 saturated heterocycles. The first-order valence-electron chi connectivity index (χ1n) is 6.41. The van der Waals surface area contributed by atoms with E-state index < -0.39 is 19.7 Å². The summed E-state index contributed by atoms with van der Waals surface area (Å²) < 4.78 is 51.0. The van der Waals surface area contributed by atoms with Crippen LogP contribution in [0, 0.1) is 0 Å². The van der Waals surface area contributed by atoms with E-state index in [0.717, 1.165) is 0 Å². The van der Waals surface area contributed by atoms with E-state index in [1.807, 2.05) is 0 Å². The number of para-hydroxylation sites is 1. The minimum absolute atomic E-state index is 0.287. The van der Waals surface area contributed by atoms with E-state index in [4.69, 9.17) is 9.60 Å². The van der Waals surface area contributed by atoms with E-state index in [-0.39, 0.29) is 5.69 Å². The summed E-state index contributed by atoms with van der Waals surface area (Å²) in [4.78, 5) is 0. The molecule has 0 radical (unpaired) electrons. The second-order valence-corrected chi connectivity index (χ2v) is 1.87. The number of anilines is 1. The summed E-state index contributed by atoms with van der Waals surface area (Å²) >= 11 is 0. The summed E-state index contributed by atoms with van der Waals surface area (Å²) in [6.45, 7) is -5.93. The highest BCUT2D eigenvalue weighted by atomic mass is 14.9. The maximum atomic E-state index is 7.72. The molecular formula is C9H13N. The fourth-order valence-corrected chi connectivity index (χ4v) is 0.666. The fourth-order valence-electron chi connectivity index (χ4n) is 0.666. The Hall–Kier alpha value is -0.980. The smallest absolute Gasteiger partial charge is 0.0521 e. The summed E-state index contributed by atoms with van der Waals surface area (Å²) in [5.74, 6) is 0. The monoisotopic (exact) mass is 142 g/mol. The molecule has 1 rings (SSSR count). The first-order chi connectivity index (χ1) is 7.58. The first kappa shape index (κ1) is 2.26. The Balaban J connectivity index is 3.11. The highest BCUT2D eigenvalue weighted by Crippen LogP contribution is 2.05. The maximum absolute atomic E-state index is 7.72. The molecule has 1 nitrogen and oxygen atoms in total. The lowest BCUT2D eigenvalue weighted by Gasteiger charge is -2.08. The van der Waals surface area contributed by atoms with Crippen molar-refractivity contribution in [1.82, 2.24) is 0 Å². The third kappa shape index (κ3) is 2.09. The predicted molar refractivity (Wildman–Crippen MR) is 45.2 cm³/mol. The second-order valence-electron chi connectivity index (χ2n) is 1.87. The van der Waals surface area contributed by atoms with E-state index in [1.54, 1.807) is 18.2 Å². The molecule has 1 N–H and O–H groups in total. The van der Waals surface area contributed by atoms with Gasteiger partial charge in [-0.3, -0.25) is 0 Å². The van der Waals surface area contributed by atoms with Crippen LogP contribution in [0.25, 0.3) is 0 Å². The van der Waals surface area contributed by atoms with Gasteiger partial charge >= 0.3 is 0 Å². The van der Waals surface area contributed by atoms with Crippen molar-refractivity contribution in [2.24, 2.45) is 0 Å². The Bertz CT molecular complexity index is 353. The molecule has 1 heteroatoms. The molecule has 0 spiro atoms. The third-order valence-electron chi connectivity index (χ3n) is 1.04. The highest BCUT2D eigenvalue weighted by Gasteiger charge is 1.90. The number of hydrogen-bond acceptors (Lipinski definition) is 1. The largest absolute Gasteiger partial charge is 0.383 e. The normalized spacial score (nSPS) is 23.8. The summed E-state index contributed by atoms with van der Waals surface area (Å²) in [6, 6.07) is 5.27. The zero-order valence-corrected chi connectivity index (χ0v) is 5.39. The molecular weight excluding hydrogens is 122 g/mol. The van der Waals surface area contributed by atoms with Crippen LogP contribution in [0.3, 0.4) is 0 Å². The van der Waals surface area contributed by atoms with Gasteiger partial charge in [0, 0.05) is 19.9 Å². The van der Waals surface area contributed by atoms with Crippen LogP contribution in [-0.2, 0) is 0 Å².